The number of hydrogen-bond acceptors (Lipinski definition) is 4. The Balaban J connectivity index is 1.57. The molecule has 3 heterocycles. The summed E-state index contributed by atoms with van der Waals surface area (Å²) < 4.78 is 7.38. The number of hydrogen-bond donors (Lipinski definition) is 1. The number of likely N-dealkylation sites (tertiary alicyclic amines) is 1. The molecule has 6 heteroatoms. The molecule has 0 radical (unpaired) electrons. The Morgan fingerprint density at radius 2 is 2.30 bits per heavy atom. The number of ether oxygens (including phenoxy) is 1. The Morgan fingerprint density at radius 3 is 3.00 bits per heavy atom. The Hall–Kier alpha value is -1.92. The molecular weight excluding hydrogens is 258 g/mol. The summed E-state index contributed by atoms with van der Waals surface area (Å²) in [5.74, 6) is -0.926. The van der Waals surface area contributed by atoms with Gasteiger partial charge in [0.2, 0.25) is 0 Å². The molecule has 1 N–H and O–H groups in total. The lowest BCUT2D eigenvalue weighted by Gasteiger charge is -2.47. The topological polar surface area (TPSA) is 67.1 Å². The minimum Gasteiger partial charge on any atom is -0.480 e. The molecule has 0 amide bonds. The van der Waals surface area contributed by atoms with Gasteiger partial charge < -0.3 is 14.2 Å². The van der Waals surface area contributed by atoms with Gasteiger partial charge in [0, 0.05) is 32.0 Å². The Morgan fingerprint density at radius 1 is 1.50 bits per heavy atom. The van der Waals surface area contributed by atoms with Gasteiger partial charge in [-0.25, -0.2) is 9.78 Å². The second kappa shape index (κ2) is 4.88. The van der Waals surface area contributed by atoms with Crippen molar-refractivity contribution in [2.75, 3.05) is 19.7 Å². The Bertz CT molecular complexity index is 598. The molecule has 1 aliphatic heterocycles. The molecule has 106 valence electrons. The van der Waals surface area contributed by atoms with Gasteiger partial charge in [-0.3, -0.25) is 4.90 Å². The van der Waals surface area contributed by atoms with Gasteiger partial charge >= 0.3 is 5.97 Å². The third-order valence-electron chi connectivity index (χ3n) is 3.46. The molecule has 0 aromatic carbocycles. The molecule has 6 nitrogen and oxygen atoms in total. The van der Waals surface area contributed by atoms with Crippen LogP contribution in [0.5, 0.6) is 0 Å². The molecule has 3 rings (SSSR count). The van der Waals surface area contributed by atoms with Crippen LogP contribution in [0.25, 0.3) is 5.65 Å². The van der Waals surface area contributed by atoms with Crippen molar-refractivity contribution in [3.63, 3.8) is 0 Å². The van der Waals surface area contributed by atoms with Crippen molar-refractivity contribution in [1.82, 2.24) is 14.3 Å². The third kappa shape index (κ3) is 2.66. The largest absolute Gasteiger partial charge is 0.480 e. The molecule has 0 saturated carbocycles. The number of imidazole rings is 1. The lowest BCUT2D eigenvalue weighted by Crippen LogP contribution is -2.61. The maximum absolute atomic E-state index is 10.5. The normalized spacial score (nSPS) is 18.1. The summed E-state index contributed by atoms with van der Waals surface area (Å²) in [4.78, 5) is 17.2. The molecule has 0 atom stereocenters. The Labute approximate surface area is 116 Å². The number of carboxylic acid groups (broad SMARTS) is 1. The van der Waals surface area contributed by atoms with E-state index in [1.807, 2.05) is 41.9 Å². The van der Waals surface area contributed by atoms with E-state index in [-0.39, 0.29) is 12.2 Å². The molecule has 1 saturated heterocycles. The highest BCUT2D eigenvalue weighted by molar-refractivity contribution is 5.68. The fourth-order valence-corrected chi connectivity index (χ4v) is 2.63. The zero-order chi connectivity index (χ0) is 14.2. The molecule has 20 heavy (non-hydrogen) atoms. The predicted octanol–water partition coefficient (Wildman–Crippen LogP) is 1.01. The minimum absolute atomic E-state index is 0.237. The number of aliphatic carboxylic acids is 1. The monoisotopic (exact) mass is 275 g/mol. The lowest BCUT2D eigenvalue weighted by atomic mass is 9.96. The first-order valence-electron chi connectivity index (χ1n) is 6.55. The highest BCUT2D eigenvalue weighted by Crippen LogP contribution is 2.26. The van der Waals surface area contributed by atoms with Crippen LogP contribution < -0.4 is 0 Å². The molecule has 0 aliphatic carbocycles. The highest BCUT2D eigenvalue weighted by Gasteiger charge is 2.40. The van der Waals surface area contributed by atoms with E-state index >= 15 is 0 Å². The summed E-state index contributed by atoms with van der Waals surface area (Å²) >= 11 is 0. The molecule has 2 aromatic rings. The van der Waals surface area contributed by atoms with Crippen molar-refractivity contribution < 1.29 is 14.6 Å². The van der Waals surface area contributed by atoms with Gasteiger partial charge in [0.25, 0.3) is 0 Å². The number of pyridine rings is 1. The van der Waals surface area contributed by atoms with E-state index in [0.717, 1.165) is 31.0 Å². The molecule has 0 spiro atoms. The first-order chi connectivity index (χ1) is 9.54. The van der Waals surface area contributed by atoms with Crippen LogP contribution in [-0.4, -0.2) is 50.7 Å². The molecule has 0 unspecified atom stereocenters. The molecule has 1 fully saturated rings. The number of carbonyl (C=O) groups is 1. The van der Waals surface area contributed by atoms with Crippen molar-refractivity contribution in [1.29, 1.82) is 0 Å². The van der Waals surface area contributed by atoms with E-state index in [9.17, 15) is 4.79 Å². The predicted molar refractivity (Wildman–Crippen MR) is 72.5 cm³/mol. The van der Waals surface area contributed by atoms with Crippen molar-refractivity contribution in [3.05, 3.63) is 36.3 Å². The van der Waals surface area contributed by atoms with Crippen molar-refractivity contribution >= 4 is 11.6 Å². The average molecular weight is 275 g/mol. The van der Waals surface area contributed by atoms with Crippen LogP contribution in [0, 0.1) is 0 Å². The number of rotatable bonds is 5. The summed E-state index contributed by atoms with van der Waals surface area (Å²) in [5.41, 5.74) is 1.60. The van der Waals surface area contributed by atoms with Crippen LogP contribution in [0.1, 0.15) is 12.6 Å². The van der Waals surface area contributed by atoms with Crippen LogP contribution in [0.4, 0.5) is 0 Å². The van der Waals surface area contributed by atoms with Gasteiger partial charge in [-0.15, -0.1) is 0 Å². The van der Waals surface area contributed by atoms with E-state index < -0.39 is 5.97 Å². The first-order valence-corrected chi connectivity index (χ1v) is 6.55. The maximum atomic E-state index is 10.5. The van der Waals surface area contributed by atoms with Crippen LogP contribution in [0.2, 0.25) is 0 Å². The van der Waals surface area contributed by atoms with E-state index in [0.29, 0.717) is 0 Å². The van der Waals surface area contributed by atoms with Gasteiger partial charge in [0.1, 0.15) is 12.3 Å². The summed E-state index contributed by atoms with van der Waals surface area (Å²) in [6.07, 6.45) is 3.99. The van der Waals surface area contributed by atoms with E-state index in [4.69, 9.17) is 9.84 Å². The summed E-state index contributed by atoms with van der Waals surface area (Å²) in [6, 6.07) is 5.91. The molecular formula is C14H17N3O3. The lowest BCUT2D eigenvalue weighted by molar-refractivity contribution is -0.165. The second-order valence-electron chi connectivity index (χ2n) is 5.48. The third-order valence-corrected chi connectivity index (χ3v) is 3.46. The second-order valence-corrected chi connectivity index (χ2v) is 5.48. The van der Waals surface area contributed by atoms with Crippen LogP contribution in [0.15, 0.2) is 30.6 Å². The zero-order valence-electron chi connectivity index (χ0n) is 11.3. The Kier molecular flexibility index (Phi) is 3.19. The van der Waals surface area contributed by atoms with E-state index in [1.54, 1.807) is 0 Å². The standard InChI is InChI=1S/C14H17N3O3/c1-14(20-8-13(18)19)9-16(10-14)6-11-7-17-5-3-2-4-12(17)15-11/h2-5,7H,6,8-10H2,1H3,(H,18,19). The van der Waals surface area contributed by atoms with E-state index in [2.05, 4.69) is 9.88 Å². The number of carboxylic acids is 1. The van der Waals surface area contributed by atoms with Crippen molar-refractivity contribution in [2.24, 2.45) is 0 Å². The summed E-state index contributed by atoms with van der Waals surface area (Å²) in [5, 5.41) is 8.63. The van der Waals surface area contributed by atoms with Gasteiger partial charge in [0.05, 0.1) is 11.3 Å². The van der Waals surface area contributed by atoms with Crippen LogP contribution in [0.3, 0.4) is 0 Å². The number of fused-ring (bicyclic) bond motifs is 1. The van der Waals surface area contributed by atoms with Gasteiger partial charge in [-0.1, -0.05) is 6.07 Å². The minimum atomic E-state index is -0.926. The van der Waals surface area contributed by atoms with Crippen molar-refractivity contribution in [2.45, 2.75) is 19.1 Å². The van der Waals surface area contributed by atoms with E-state index in [1.165, 1.54) is 0 Å². The fraction of sp³-hybridized carbons (Fsp3) is 0.429. The summed E-state index contributed by atoms with van der Waals surface area (Å²) in [7, 11) is 0. The maximum Gasteiger partial charge on any atom is 0.329 e. The van der Waals surface area contributed by atoms with Crippen LogP contribution in [-0.2, 0) is 16.1 Å². The number of nitrogens with zero attached hydrogens (tertiary/aromatic N) is 3. The molecule has 1 aliphatic rings. The molecule has 0 bridgehead atoms. The van der Waals surface area contributed by atoms with Gasteiger partial charge in [-0.2, -0.15) is 0 Å². The van der Waals surface area contributed by atoms with Crippen molar-refractivity contribution in [3.8, 4) is 0 Å². The fourth-order valence-electron chi connectivity index (χ4n) is 2.63. The SMILES string of the molecule is CC1(OCC(=O)O)CN(Cc2cn3ccccc3n2)C1. The highest BCUT2D eigenvalue weighted by atomic mass is 16.5. The van der Waals surface area contributed by atoms with Gasteiger partial charge in [0.15, 0.2) is 0 Å². The molecule has 2 aromatic heterocycles. The zero-order valence-corrected chi connectivity index (χ0v) is 11.3. The average Bonchev–Trinajstić information content (AvgIpc) is 2.76. The van der Waals surface area contributed by atoms with Crippen LogP contribution >= 0.6 is 0 Å². The quantitative estimate of drug-likeness (QED) is 0.882. The smallest absolute Gasteiger partial charge is 0.329 e. The first kappa shape index (κ1) is 13.1. The summed E-state index contributed by atoms with van der Waals surface area (Å²) in [6.45, 7) is 3.92. The van der Waals surface area contributed by atoms with Gasteiger partial charge in [-0.05, 0) is 19.1 Å². The number of aromatic nitrogens is 2.